The van der Waals surface area contributed by atoms with Crippen LogP contribution in [0.15, 0.2) is 42.5 Å². The Kier molecular flexibility index (Phi) is 2.71. The number of rotatable bonds is 1. The van der Waals surface area contributed by atoms with Gasteiger partial charge in [0.25, 0.3) is 0 Å². The SMILES string of the molecule is N#Cc1ccc(-c2c[c]cc(Cl)c2)cc1. The Morgan fingerprint density at radius 3 is 2.40 bits per heavy atom. The Hall–Kier alpha value is -1.78. The third kappa shape index (κ3) is 2.18. The fourth-order valence-corrected chi connectivity index (χ4v) is 1.53. The molecule has 1 radical (unpaired) electrons. The van der Waals surface area contributed by atoms with Crippen molar-refractivity contribution in [3.8, 4) is 17.2 Å². The molecule has 2 heteroatoms. The first-order valence-electron chi connectivity index (χ1n) is 4.47. The molecule has 0 aliphatic heterocycles. The van der Waals surface area contributed by atoms with Crippen LogP contribution in [0.3, 0.4) is 0 Å². The van der Waals surface area contributed by atoms with Gasteiger partial charge in [-0.15, -0.1) is 0 Å². The zero-order valence-electron chi connectivity index (χ0n) is 7.87. The molecule has 2 aromatic carbocycles. The van der Waals surface area contributed by atoms with Crippen molar-refractivity contribution in [1.29, 1.82) is 5.26 Å². The van der Waals surface area contributed by atoms with E-state index in [2.05, 4.69) is 12.1 Å². The summed E-state index contributed by atoms with van der Waals surface area (Å²) >= 11 is 5.87. The highest BCUT2D eigenvalue weighted by atomic mass is 35.5. The predicted octanol–water partition coefficient (Wildman–Crippen LogP) is 3.68. The minimum atomic E-state index is 0.657. The molecule has 0 unspecified atom stereocenters. The van der Waals surface area contributed by atoms with Crippen LogP contribution in [0.4, 0.5) is 0 Å². The first kappa shape index (κ1) is 9.76. The molecule has 71 valence electrons. The van der Waals surface area contributed by atoms with Gasteiger partial charge in [-0.2, -0.15) is 5.26 Å². The second-order valence-electron chi connectivity index (χ2n) is 3.13. The van der Waals surface area contributed by atoms with Gasteiger partial charge in [-0.1, -0.05) is 23.7 Å². The maximum absolute atomic E-state index is 8.67. The first-order valence-corrected chi connectivity index (χ1v) is 4.84. The summed E-state index contributed by atoms with van der Waals surface area (Å²) < 4.78 is 0. The summed E-state index contributed by atoms with van der Waals surface area (Å²) in [5.74, 6) is 0. The molecule has 0 atom stereocenters. The Balaban J connectivity index is 2.42. The third-order valence-electron chi connectivity index (χ3n) is 2.10. The zero-order chi connectivity index (χ0) is 10.7. The molecule has 0 fully saturated rings. The largest absolute Gasteiger partial charge is 0.192 e. The van der Waals surface area contributed by atoms with Gasteiger partial charge in [-0.05, 0) is 47.5 Å². The molecule has 1 nitrogen and oxygen atoms in total. The molecular weight excluding hydrogens is 206 g/mol. The Morgan fingerprint density at radius 2 is 1.80 bits per heavy atom. The van der Waals surface area contributed by atoms with Gasteiger partial charge in [0.1, 0.15) is 0 Å². The maximum Gasteiger partial charge on any atom is 0.0991 e. The van der Waals surface area contributed by atoms with Crippen LogP contribution in [0.1, 0.15) is 5.56 Å². The van der Waals surface area contributed by atoms with Crippen LogP contribution in [-0.4, -0.2) is 0 Å². The van der Waals surface area contributed by atoms with Gasteiger partial charge in [0.05, 0.1) is 11.6 Å². The number of benzene rings is 2. The van der Waals surface area contributed by atoms with E-state index in [1.165, 1.54) is 0 Å². The van der Waals surface area contributed by atoms with Gasteiger partial charge >= 0.3 is 0 Å². The van der Waals surface area contributed by atoms with E-state index >= 15 is 0 Å². The van der Waals surface area contributed by atoms with Gasteiger partial charge in [-0.3, -0.25) is 0 Å². The molecule has 0 aliphatic rings. The zero-order valence-corrected chi connectivity index (χ0v) is 8.62. The van der Waals surface area contributed by atoms with Crippen molar-refractivity contribution in [3.05, 3.63) is 59.1 Å². The number of hydrogen-bond acceptors (Lipinski definition) is 1. The van der Waals surface area contributed by atoms with Crippen LogP contribution in [0, 0.1) is 17.4 Å². The number of halogens is 1. The second kappa shape index (κ2) is 4.16. The lowest BCUT2D eigenvalue weighted by atomic mass is 10.0. The summed E-state index contributed by atoms with van der Waals surface area (Å²) in [6, 6.07) is 17.9. The van der Waals surface area contributed by atoms with Gasteiger partial charge in [0, 0.05) is 5.02 Å². The van der Waals surface area contributed by atoms with E-state index in [-0.39, 0.29) is 0 Å². The van der Waals surface area contributed by atoms with Crippen molar-refractivity contribution in [2.24, 2.45) is 0 Å². The second-order valence-corrected chi connectivity index (χ2v) is 3.57. The third-order valence-corrected chi connectivity index (χ3v) is 2.32. The predicted molar refractivity (Wildman–Crippen MR) is 60.4 cm³/mol. The average molecular weight is 213 g/mol. The molecule has 0 amide bonds. The van der Waals surface area contributed by atoms with E-state index in [9.17, 15) is 0 Å². The summed E-state index contributed by atoms with van der Waals surface area (Å²) in [5, 5.41) is 9.33. The van der Waals surface area contributed by atoms with E-state index in [0.717, 1.165) is 11.1 Å². The van der Waals surface area contributed by atoms with Gasteiger partial charge in [0.2, 0.25) is 0 Å². The van der Waals surface area contributed by atoms with Crippen LogP contribution in [0.5, 0.6) is 0 Å². The minimum absolute atomic E-state index is 0.657. The van der Waals surface area contributed by atoms with Crippen molar-refractivity contribution in [2.45, 2.75) is 0 Å². The molecule has 0 heterocycles. The topological polar surface area (TPSA) is 23.8 Å². The van der Waals surface area contributed by atoms with E-state index in [4.69, 9.17) is 16.9 Å². The quantitative estimate of drug-likeness (QED) is 0.708. The summed E-state index contributed by atoms with van der Waals surface area (Å²) in [6.45, 7) is 0. The molecule has 0 bridgehead atoms. The van der Waals surface area contributed by atoms with Crippen LogP contribution >= 0.6 is 11.6 Å². The lowest BCUT2D eigenvalue weighted by Gasteiger charge is -2.01. The number of hydrogen-bond donors (Lipinski definition) is 0. The van der Waals surface area contributed by atoms with Crippen molar-refractivity contribution < 1.29 is 0 Å². The number of nitriles is 1. The Morgan fingerprint density at radius 1 is 1.07 bits per heavy atom. The smallest absolute Gasteiger partial charge is 0.0991 e. The molecule has 2 rings (SSSR count). The lowest BCUT2D eigenvalue weighted by Crippen LogP contribution is -1.78. The van der Waals surface area contributed by atoms with E-state index < -0.39 is 0 Å². The van der Waals surface area contributed by atoms with Crippen LogP contribution < -0.4 is 0 Å². The molecule has 0 spiro atoms. The average Bonchev–Trinajstić information content (AvgIpc) is 2.29. The monoisotopic (exact) mass is 212 g/mol. The van der Waals surface area contributed by atoms with Crippen LogP contribution in [0.2, 0.25) is 5.02 Å². The summed E-state index contributed by atoms with van der Waals surface area (Å²) in [6.07, 6.45) is 0. The van der Waals surface area contributed by atoms with Crippen LogP contribution in [0.25, 0.3) is 11.1 Å². The summed E-state index contributed by atoms with van der Waals surface area (Å²) in [4.78, 5) is 0. The standard InChI is InChI=1S/C13H7ClN/c14-13-3-1-2-12(8-13)11-6-4-10(9-15)5-7-11/h2-8H. The molecule has 0 saturated carbocycles. The van der Waals surface area contributed by atoms with E-state index in [1.54, 1.807) is 18.2 Å². The van der Waals surface area contributed by atoms with Crippen molar-refractivity contribution in [3.63, 3.8) is 0 Å². The number of nitrogens with zero attached hydrogens (tertiary/aromatic N) is 1. The van der Waals surface area contributed by atoms with Crippen molar-refractivity contribution >= 4 is 11.6 Å². The van der Waals surface area contributed by atoms with Crippen LogP contribution in [-0.2, 0) is 0 Å². The molecule has 0 aromatic heterocycles. The molecule has 0 N–H and O–H groups in total. The fraction of sp³-hybridized carbons (Fsp3) is 0. The molecule has 15 heavy (non-hydrogen) atoms. The summed E-state index contributed by atoms with van der Waals surface area (Å²) in [7, 11) is 0. The summed E-state index contributed by atoms with van der Waals surface area (Å²) in [5.41, 5.74) is 2.70. The Bertz CT molecular complexity index is 509. The van der Waals surface area contributed by atoms with Gasteiger partial charge in [-0.25, -0.2) is 0 Å². The highest BCUT2D eigenvalue weighted by Gasteiger charge is 1.98. The Labute approximate surface area is 93.5 Å². The van der Waals surface area contributed by atoms with Crippen molar-refractivity contribution in [1.82, 2.24) is 0 Å². The molecule has 2 aromatic rings. The highest BCUT2D eigenvalue weighted by Crippen LogP contribution is 2.22. The van der Waals surface area contributed by atoms with E-state index in [1.807, 2.05) is 24.3 Å². The van der Waals surface area contributed by atoms with Crippen molar-refractivity contribution in [2.75, 3.05) is 0 Å². The van der Waals surface area contributed by atoms with Gasteiger partial charge in [0.15, 0.2) is 0 Å². The maximum atomic E-state index is 8.67. The van der Waals surface area contributed by atoms with E-state index in [0.29, 0.717) is 10.6 Å². The molecule has 0 saturated heterocycles. The molecule has 0 aliphatic carbocycles. The normalized spacial score (nSPS) is 9.60. The minimum Gasteiger partial charge on any atom is -0.192 e. The van der Waals surface area contributed by atoms with Gasteiger partial charge < -0.3 is 0 Å². The fourth-order valence-electron chi connectivity index (χ4n) is 1.35. The highest BCUT2D eigenvalue weighted by molar-refractivity contribution is 6.30. The lowest BCUT2D eigenvalue weighted by molar-refractivity contribution is 1.48. The molecular formula is C13H7ClN. The first-order chi connectivity index (χ1) is 7.29.